The van der Waals surface area contributed by atoms with Crippen LogP contribution in [0.1, 0.15) is 70.0 Å². The van der Waals surface area contributed by atoms with Crippen LogP contribution in [0.25, 0.3) is 0 Å². The smallest absolute Gasteiger partial charge is 0.225 e. The molecule has 0 saturated carbocycles. The lowest BCUT2D eigenvalue weighted by molar-refractivity contribution is -0.116. The summed E-state index contributed by atoms with van der Waals surface area (Å²) in [6.07, 6.45) is 7.92. The molecule has 24 heavy (non-hydrogen) atoms. The number of unbranched alkanes of at least 4 members (excludes halogenated alkanes) is 5. The van der Waals surface area contributed by atoms with Crippen molar-refractivity contribution in [1.29, 1.82) is 0 Å². The molecule has 0 bridgehead atoms. The largest absolute Gasteiger partial charge is 0.311 e. The minimum Gasteiger partial charge on any atom is -0.311 e. The summed E-state index contributed by atoms with van der Waals surface area (Å²) in [6.45, 7) is 4.04. The fourth-order valence-electron chi connectivity index (χ4n) is 3.13. The van der Waals surface area contributed by atoms with Crippen molar-refractivity contribution in [3.05, 3.63) is 11.8 Å². The second-order valence-electron chi connectivity index (χ2n) is 6.74. The van der Waals surface area contributed by atoms with Gasteiger partial charge in [0.1, 0.15) is 5.82 Å². The molecule has 1 aliphatic heterocycles. The van der Waals surface area contributed by atoms with Crippen molar-refractivity contribution in [3.63, 3.8) is 0 Å². The first-order valence-corrected chi connectivity index (χ1v) is 10.8. The van der Waals surface area contributed by atoms with Crippen LogP contribution in [0, 0.1) is 6.92 Å². The maximum absolute atomic E-state index is 12.1. The lowest BCUT2D eigenvalue weighted by atomic mass is 10.1. The molecular weight excluding hydrogens is 326 g/mol. The Labute approximate surface area is 144 Å². The van der Waals surface area contributed by atoms with Gasteiger partial charge in [-0.2, -0.15) is 5.10 Å². The van der Waals surface area contributed by atoms with Gasteiger partial charge in [0.2, 0.25) is 5.91 Å². The predicted octanol–water partition coefficient (Wildman–Crippen LogP) is 3.24. The molecule has 0 aliphatic carbocycles. The lowest BCUT2D eigenvalue weighted by Crippen LogP contribution is -2.19. The minimum atomic E-state index is -2.98. The standard InChI is InChI=1S/C17H29N3O3S/c1-3-4-5-6-7-8-9-17(21)18-16-12-14(2)19-20(16)15-10-11-24(22,23)13-15/h12,15H,3-11,13H2,1-2H3,(H,18,21). The third-order valence-corrected chi connectivity index (χ3v) is 6.19. The van der Waals surface area contributed by atoms with E-state index < -0.39 is 9.84 Å². The molecule has 1 aromatic heterocycles. The number of hydrogen-bond donors (Lipinski definition) is 1. The molecule has 136 valence electrons. The number of hydrogen-bond acceptors (Lipinski definition) is 4. The maximum Gasteiger partial charge on any atom is 0.225 e. The highest BCUT2D eigenvalue weighted by atomic mass is 32.2. The summed E-state index contributed by atoms with van der Waals surface area (Å²) >= 11 is 0. The molecule has 6 nitrogen and oxygen atoms in total. The summed E-state index contributed by atoms with van der Waals surface area (Å²) in [5.74, 6) is 0.897. The average molecular weight is 356 g/mol. The molecule has 1 aromatic rings. The highest BCUT2D eigenvalue weighted by Crippen LogP contribution is 2.27. The number of anilines is 1. The molecule has 1 saturated heterocycles. The Bertz CT molecular complexity index is 652. The Kier molecular flexibility index (Phi) is 6.83. The van der Waals surface area contributed by atoms with E-state index in [1.54, 1.807) is 4.68 Å². The van der Waals surface area contributed by atoms with E-state index in [4.69, 9.17) is 0 Å². The third kappa shape index (κ3) is 5.61. The van der Waals surface area contributed by atoms with E-state index in [9.17, 15) is 13.2 Å². The van der Waals surface area contributed by atoms with Gasteiger partial charge in [0, 0.05) is 12.5 Å². The van der Waals surface area contributed by atoms with Crippen LogP contribution in [-0.4, -0.2) is 35.6 Å². The van der Waals surface area contributed by atoms with Crippen molar-refractivity contribution in [1.82, 2.24) is 9.78 Å². The number of carbonyl (C=O) groups excluding carboxylic acids is 1. The zero-order valence-electron chi connectivity index (χ0n) is 14.8. The molecule has 0 radical (unpaired) electrons. The topological polar surface area (TPSA) is 81.1 Å². The Morgan fingerprint density at radius 3 is 2.67 bits per heavy atom. The quantitative estimate of drug-likeness (QED) is 0.690. The molecule has 1 aliphatic rings. The number of nitrogens with zero attached hydrogens (tertiary/aromatic N) is 2. The van der Waals surface area contributed by atoms with Crippen molar-refractivity contribution < 1.29 is 13.2 Å². The number of carbonyl (C=O) groups is 1. The van der Waals surface area contributed by atoms with Gasteiger partial charge in [-0.3, -0.25) is 4.79 Å². The molecule has 1 fully saturated rings. The highest BCUT2D eigenvalue weighted by Gasteiger charge is 2.31. The normalized spacial score (nSPS) is 19.5. The van der Waals surface area contributed by atoms with E-state index in [0.717, 1.165) is 18.5 Å². The van der Waals surface area contributed by atoms with Crippen molar-refractivity contribution in [2.75, 3.05) is 16.8 Å². The van der Waals surface area contributed by atoms with E-state index in [2.05, 4.69) is 17.3 Å². The van der Waals surface area contributed by atoms with Gasteiger partial charge in [0.25, 0.3) is 0 Å². The Morgan fingerprint density at radius 1 is 1.29 bits per heavy atom. The van der Waals surface area contributed by atoms with Crippen LogP contribution in [0.2, 0.25) is 0 Å². The van der Waals surface area contributed by atoms with E-state index in [1.807, 2.05) is 13.0 Å². The van der Waals surface area contributed by atoms with Crippen LogP contribution in [0.15, 0.2) is 6.07 Å². The fraction of sp³-hybridized carbons (Fsp3) is 0.765. The van der Waals surface area contributed by atoms with Crippen LogP contribution in [0.5, 0.6) is 0 Å². The zero-order valence-corrected chi connectivity index (χ0v) is 15.6. The van der Waals surface area contributed by atoms with E-state index in [1.165, 1.54) is 25.7 Å². The summed E-state index contributed by atoms with van der Waals surface area (Å²) < 4.78 is 25.0. The monoisotopic (exact) mass is 355 g/mol. The van der Waals surface area contributed by atoms with Crippen molar-refractivity contribution in [2.24, 2.45) is 0 Å². The van der Waals surface area contributed by atoms with Gasteiger partial charge >= 0.3 is 0 Å². The average Bonchev–Trinajstić information content (AvgIpc) is 3.05. The van der Waals surface area contributed by atoms with Crippen LogP contribution >= 0.6 is 0 Å². The van der Waals surface area contributed by atoms with Crippen molar-refractivity contribution >= 4 is 21.6 Å². The molecule has 2 rings (SSSR count). The number of aryl methyl sites for hydroxylation is 1. The third-order valence-electron chi connectivity index (χ3n) is 4.44. The molecule has 2 heterocycles. The summed E-state index contributed by atoms with van der Waals surface area (Å²) in [4.78, 5) is 12.1. The van der Waals surface area contributed by atoms with Gasteiger partial charge in [-0.05, 0) is 19.8 Å². The number of aromatic nitrogens is 2. The molecule has 7 heteroatoms. The van der Waals surface area contributed by atoms with Gasteiger partial charge in [0.15, 0.2) is 9.84 Å². The van der Waals surface area contributed by atoms with Crippen molar-refractivity contribution in [2.45, 2.75) is 71.3 Å². The fourth-order valence-corrected chi connectivity index (χ4v) is 4.82. The van der Waals surface area contributed by atoms with E-state index in [-0.39, 0.29) is 23.5 Å². The first-order valence-electron chi connectivity index (χ1n) is 8.97. The van der Waals surface area contributed by atoms with E-state index in [0.29, 0.717) is 18.7 Å². The summed E-state index contributed by atoms with van der Waals surface area (Å²) in [6, 6.07) is 1.64. The maximum atomic E-state index is 12.1. The zero-order chi connectivity index (χ0) is 17.6. The Balaban J connectivity index is 1.85. The number of nitrogens with one attached hydrogen (secondary N) is 1. The van der Waals surface area contributed by atoms with Crippen LogP contribution in [0.4, 0.5) is 5.82 Å². The van der Waals surface area contributed by atoms with Gasteiger partial charge < -0.3 is 5.32 Å². The molecule has 1 unspecified atom stereocenters. The predicted molar refractivity (Wildman–Crippen MR) is 95.9 cm³/mol. The number of amides is 1. The molecule has 1 atom stereocenters. The molecule has 0 spiro atoms. The van der Waals surface area contributed by atoms with Crippen molar-refractivity contribution in [3.8, 4) is 0 Å². The van der Waals surface area contributed by atoms with E-state index >= 15 is 0 Å². The second kappa shape index (κ2) is 8.65. The van der Waals surface area contributed by atoms with Gasteiger partial charge in [-0.15, -0.1) is 0 Å². The Hall–Kier alpha value is -1.37. The number of sulfone groups is 1. The molecule has 0 aromatic carbocycles. The van der Waals surface area contributed by atoms with Gasteiger partial charge in [-0.1, -0.05) is 39.0 Å². The molecule has 1 N–H and O–H groups in total. The first kappa shape index (κ1) is 19.0. The van der Waals surface area contributed by atoms with Gasteiger partial charge in [0.05, 0.1) is 23.2 Å². The minimum absolute atomic E-state index is 0.0208. The first-order chi connectivity index (χ1) is 11.4. The molecule has 1 amide bonds. The second-order valence-corrected chi connectivity index (χ2v) is 8.97. The Morgan fingerprint density at radius 2 is 2.00 bits per heavy atom. The summed E-state index contributed by atoms with van der Waals surface area (Å²) in [5, 5.41) is 7.28. The summed E-state index contributed by atoms with van der Waals surface area (Å²) in [5.41, 5.74) is 0.786. The lowest BCUT2D eigenvalue weighted by Gasteiger charge is -2.13. The van der Waals surface area contributed by atoms with Crippen LogP contribution in [0.3, 0.4) is 0 Å². The SMILES string of the molecule is CCCCCCCCC(=O)Nc1cc(C)nn1C1CCS(=O)(=O)C1. The van der Waals surface area contributed by atoms with Gasteiger partial charge in [-0.25, -0.2) is 13.1 Å². The highest BCUT2D eigenvalue weighted by molar-refractivity contribution is 7.91. The van der Waals surface area contributed by atoms with Crippen LogP contribution < -0.4 is 5.32 Å². The molecular formula is C17H29N3O3S. The summed E-state index contributed by atoms with van der Waals surface area (Å²) in [7, 11) is -2.98. The number of rotatable bonds is 9. The van der Waals surface area contributed by atoms with Crippen LogP contribution in [-0.2, 0) is 14.6 Å².